The summed E-state index contributed by atoms with van der Waals surface area (Å²) in [6.07, 6.45) is 0. The third-order valence-corrected chi connectivity index (χ3v) is 4.39. The van der Waals surface area contributed by atoms with Gasteiger partial charge in [0.1, 0.15) is 18.2 Å². The van der Waals surface area contributed by atoms with E-state index in [1.165, 1.54) is 18.2 Å². The zero-order chi connectivity index (χ0) is 19.7. The van der Waals surface area contributed by atoms with Gasteiger partial charge in [0.05, 0.1) is 28.8 Å². The molecule has 1 N–H and O–H groups in total. The van der Waals surface area contributed by atoms with E-state index < -0.39 is 24.0 Å². The van der Waals surface area contributed by atoms with Crippen LogP contribution in [0.2, 0.25) is 0 Å². The van der Waals surface area contributed by atoms with Gasteiger partial charge < -0.3 is 9.84 Å². The van der Waals surface area contributed by atoms with E-state index in [0.29, 0.717) is 22.2 Å². The fourth-order valence-corrected chi connectivity index (χ4v) is 3.24. The maximum absolute atomic E-state index is 14.3. The van der Waals surface area contributed by atoms with Gasteiger partial charge in [-0.05, 0) is 50.1 Å². The van der Waals surface area contributed by atoms with Crippen LogP contribution in [0.25, 0.3) is 16.6 Å². The number of ether oxygens (including phenoxy) is 1. The van der Waals surface area contributed by atoms with Crippen LogP contribution in [-0.2, 0) is 11.3 Å². The molecular weight excluding hydrogens is 351 g/mol. The first-order valence-corrected chi connectivity index (χ1v) is 8.49. The van der Waals surface area contributed by atoms with Gasteiger partial charge in [0.25, 0.3) is 5.56 Å². The van der Waals surface area contributed by atoms with Crippen molar-refractivity contribution in [3.63, 3.8) is 0 Å². The van der Waals surface area contributed by atoms with Gasteiger partial charge in [-0.1, -0.05) is 12.1 Å². The average Bonchev–Trinajstić information content (AvgIpc) is 2.62. The molecule has 0 radical (unpaired) electrons. The maximum atomic E-state index is 14.3. The highest BCUT2D eigenvalue weighted by Gasteiger charge is 2.22. The Hall–Kier alpha value is -3.06. The van der Waals surface area contributed by atoms with Crippen LogP contribution in [0.4, 0.5) is 4.39 Å². The molecule has 0 saturated carbocycles. The van der Waals surface area contributed by atoms with Crippen molar-refractivity contribution in [2.75, 3.05) is 6.61 Å². The number of aryl methyl sites for hydroxylation is 2. The van der Waals surface area contributed by atoms with Crippen LogP contribution in [0.1, 0.15) is 34.2 Å². The lowest BCUT2D eigenvalue weighted by Crippen LogP contribution is -2.26. The van der Waals surface area contributed by atoms with Gasteiger partial charge in [-0.15, -0.1) is 0 Å². The monoisotopic (exact) mass is 370 g/mol. The number of carbonyl (C=O) groups excluding carboxylic acids is 1. The second-order valence-electron chi connectivity index (χ2n) is 6.09. The van der Waals surface area contributed by atoms with Crippen molar-refractivity contribution in [2.45, 2.75) is 27.4 Å². The van der Waals surface area contributed by atoms with Gasteiger partial charge in [0, 0.05) is 0 Å². The zero-order valence-corrected chi connectivity index (χ0v) is 15.2. The standard InChI is InChI=1S/C20H19FN2O4/c1-4-27-20(26)17-11(2)9-14-18(12(17)3)19(25)23(16(10-24)22-14)15-8-6-5-7-13(15)21/h5-9,24H,4,10H2,1-3H3. The van der Waals surface area contributed by atoms with E-state index >= 15 is 0 Å². The number of nitrogens with zero attached hydrogens (tertiary/aromatic N) is 2. The summed E-state index contributed by atoms with van der Waals surface area (Å²) < 4.78 is 20.4. The number of para-hydroxylation sites is 1. The molecule has 0 aliphatic carbocycles. The molecule has 27 heavy (non-hydrogen) atoms. The van der Waals surface area contributed by atoms with Crippen molar-refractivity contribution < 1.29 is 19.0 Å². The molecule has 0 aliphatic rings. The Morgan fingerprint density at radius 3 is 2.63 bits per heavy atom. The minimum atomic E-state index is -0.620. The van der Waals surface area contributed by atoms with Gasteiger partial charge >= 0.3 is 5.97 Å². The van der Waals surface area contributed by atoms with Crippen molar-refractivity contribution in [3.8, 4) is 5.69 Å². The number of hydrogen-bond donors (Lipinski definition) is 1. The Labute approximate surface area is 154 Å². The number of fused-ring (bicyclic) bond motifs is 1. The van der Waals surface area contributed by atoms with Crippen LogP contribution in [-0.4, -0.2) is 27.2 Å². The quantitative estimate of drug-likeness (QED) is 0.714. The molecular formula is C20H19FN2O4. The van der Waals surface area contributed by atoms with Crippen LogP contribution in [0.5, 0.6) is 0 Å². The number of esters is 1. The molecule has 0 saturated heterocycles. The van der Waals surface area contributed by atoms with Crippen molar-refractivity contribution in [2.24, 2.45) is 0 Å². The van der Waals surface area contributed by atoms with Gasteiger partial charge in [-0.2, -0.15) is 0 Å². The van der Waals surface area contributed by atoms with E-state index in [0.717, 1.165) is 4.57 Å². The van der Waals surface area contributed by atoms with Gasteiger partial charge in [-0.25, -0.2) is 14.2 Å². The molecule has 6 nitrogen and oxygen atoms in total. The molecule has 140 valence electrons. The van der Waals surface area contributed by atoms with Gasteiger partial charge in [0.15, 0.2) is 0 Å². The van der Waals surface area contributed by atoms with Gasteiger partial charge in [0.2, 0.25) is 0 Å². The van der Waals surface area contributed by atoms with Crippen molar-refractivity contribution in [1.82, 2.24) is 9.55 Å². The summed E-state index contributed by atoms with van der Waals surface area (Å²) in [7, 11) is 0. The highest BCUT2D eigenvalue weighted by Crippen LogP contribution is 2.24. The molecule has 1 aromatic heterocycles. The first-order valence-electron chi connectivity index (χ1n) is 8.49. The molecule has 0 fully saturated rings. The number of aromatic nitrogens is 2. The number of carbonyl (C=O) groups is 1. The number of rotatable bonds is 4. The molecule has 0 amide bonds. The molecule has 0 unspecified atom stereocenters. The fourth-order valence-electron chi connectivity index (χ4n) is 3.24. The number of benzene rings is 2. The molecule has 0 atom stereocenters. The second-order valence-corrected chi connectivity index (χ2v) is 6.09. The molecule has 2 aromatic carbocycles. The van der Waals surface area contributed by atoms with E-state index in [-0.39, 0.29) is 23.5 Å². The average molecular weight is 370 g/mol. The minimum absolute atomic E-state index is 0.0142. The molecule has 3 aromatic rings. The van der Waals surface area contributed by atoms with Crippen molar-refractivity contribution in [1.29, 1.82) is 0 Å². The number of hydrogen-bond acceptors (Lipinski definition) is 5. The second kappa shape index (κ2) is 7.28. The SMILES string of the molecule is CCOC(=O)c1c(C)cc2nc(CO)n(-c3ccccc3F)c(=O)c2c1C. The number of halogens is 1. The largest absolute Gasteiger partial charge is 0.462 e. The van der Waals surface area contributed by atoms with Crippen LogP contribution >= 0.6 is 0 Å². The van der Waals surface area contributed by atoms with Crippen LogP contribution < -0.4 is 5.56 Å². The Kier molecular flexibility index (Phi) is 5.05. The maximum Gasteiger partial charge on any atom is 0.338 e. The smallest absolute Gasteiger partial charge is 0.338 e. The topological polar surface area (TPSA) is 81.4 Å². The predicted molar refractivity (Wildman–Crippen MR) is 98.7 cm³/mol. The summed E-state index contributed by atoms with van der Waals surface area (Å²) in [5.74, 6) is -1.14. The molecule has 7 heteroatoms. The highest BCUT2D eigenvalue weighted by atomic mass is 19.1. The first-order chi connectivity index (χ1) is 12.9. The molecule has 0 aliphatic heterocycles. The highest BCUT2D eigenvalue weighted by molar-refractivity contribution is 5.99. The van der Waals surface area contributed by atoms with Gasteiger partial charge in [-0.3, -0.25) is 9.36 Å². The lowest BCUT2D eigenvalue weighted by Gasteiger charge is -2.16. The van der Waals surface area contributed by atoms with E-state index in [1.54, 1.807) is 32.9 Å². The number of aliphatic hydroxyl groups is 1. The normalized spacial score (nSPS) is 11.0. The first kappa shape index (κ1) is 18.7. The van der Waals surface area contributed by atoms with E-state index in [1.807, 2.05) is 0 Å². The Bertz CT molecular complexity index is 1110. The van der Waals surface area contributed by atoms with Crippen molar-refractivity contribution >= 4 is 16.9 Å². The summed E-state index contributed by atoms with van der Waals surface area (Å²) in [6.45, 7) is 4.72. The van der Waals surface area contributed by atoms with E-state index in [2.05, 4.69) is 4.98 Å². The van der Waals surface area contributed by atoms with E-state index in [9.17, 15) is 19.1 Å². The zero-order valence-electron chi connectivity index (χ0n) is 15.2. The molecule has 0 spiro atoms. The Morgan fingerprint density at radius 2 is 2.00 bits per heavy atom. The van der Waals surface area contributed by atoms with E-state index in [4.69, 9.17) is 4.74 Å². The lowest BCUT2D eigenvalue weighted by atomic mass is 9.98. The molecule has 1 heterocycles. The third-order valence-electron chi connectivity index (χ3n) is 4.39. The van der Waals surface area contributed by atoms with Crippen LogP contribution in [0.3, 0.4) is 0 Å². The third kappa shape index (κ3) is 3.10. The summed E-state index contributed by atoms with van der Waals surface area (Å²) in [6, 6.07) is 7.34. The van der Waals surface area contributed by atoms with Crippen LogP contribution in [0, 0.1) is 19.7 Å². The summed E-state index contributed by atoms with van der Waals surface area (Å²) >= 11 is 0. The fraction of sp³-hybridized carbons (Fsp3) is 0.250. The predicted octanol–water partition coefficient (Wildman–Crippen LogP) is 2.81. The summed E-state index contributed by atoms with van der Waals surface area (Å²) in [5, 5.41) is 9.87. The minimum Gasteiger partial charge on any atom is -0.462 e. The summed E-state index contributed by atoms with van der Waals surface area (Å²) in [5.41, 5.74) is 1.07. The Morgan fingerprint density at radius 1 is 1.30 bits per heavy atom. The number of aliphatic hydroxyl groups excluding tert-OH is 1. The lowest BCUT2D eigenvalue weighted by molar-refractivity contribution is 0.0525. The summed E-state index contributed by atoms with van der Waals surface area (Å²) in [4.78, 5) is 29.9. The van der Waals surface area contributed by atoms with Crippen molar-refractivity contribution in [3.05, 3.63) is 69.0 Å². The molecule has 3 rings (SSSR count). The Balaban J connectivity index is 2.43. The van der Waals surface area contributed by atoms with Crippen LogP contribution in [0.15, 0.2) is 35.1 Å². The molecule has 0 bridgehead atoms.